The summed E-state index contributed by atoms with van der Waals surface area (Å²) in [6, 6.07) is 6.75. The van der Waals surface area contributed by atoms with Crippen LogP contribution < -0.4 is 5.73 Å². The van der Waals surface area contributed by atoms with Gasteiger partial charge in [0.1, 0.15) is 0 Å². The number of halogens is 1. The molecule has 3 heteroatoms. The number of hydrogen-bond donors (Lipinski definition) is 1. The molecule has 2 N–H and O–H groups in total. The molecular formula is C16H20BrNS. The average Bonchev–Trinajstić information content (AvgIpc) is 2.64. The number of thiophene rings is 1. The van der Waals surface area contributed by atoms with Gasteiger partial charge in [-0.25, -0.2) is 0 Å². The van der Waals surface area contributed by atoms with E-state index in [1.807, 2.05) is 0 Å². The minimum absolute atomic E-state index is 0.0788. The van der Waals surface area contributed by atoms with Gasteiger partial charge in [0, 0.05) is 10.9 Å². The van der Waals surface area contributed by atoms with Gasteiger partial charge in [0.25, 0.3) is 0 Å². The number of benzene rings is 1. The zero-order valence-electron chi connectivity index (χ0n) is 11.9. The van der Waals surface area contributed by atoms with Gasteiger partial charge in [-0.2, -0.15) is 0 Å². The lowest BCUT2D eigenvalue weighted by Gasteiger charge is -2.15. The van der Waals surface area contributed by atoms with Crippen molar-refractivity contribution < 1.29 is 0 Å². The predicted octanol–water partition coefficient (Wildman–Crippen LogP) is 4.99. The lowest BCUT2D eigenvalue weighted by atomic mass is 9.94. The van der Waals surface area contributed by atoms with Crippen molar-refractivity contribution in [1.29, 1.82) is 0 Å². The molecule has 2 rings (SSSR count). The third kappa shape index (κ3) is 3.28. The fraction of sp³-hybridized carbons (Fsp3) is 0.375. The van der Waals surface area contributed by atoms with E-state index in [0.717, 1.165) is 6.42 Å². The molecule has 0 saturated carbocycles. The summed E-state index contributed by atoms with van der Waals surface area (Å²) in [6.07, 6.45) is 0.907. The van der Waals surface area contributed by atoms with E-state index in [-0.39, 0.29) is 6.04 Å². The Morgan fingerprint density at radius 2 is 1.63 bits per heavy atom. The fourth-order valence-corrected chi connectivity index (χ4v) is 4.09. The third-order valence-electron chi connectivity index (χ3n) is 3.51. The molecule has 0 fully saturated rings. The van der Waals surface area contributed by atoms with Gasteiger partial charge in [-0.1, -0.05) is 17.7 Å². The summed E-state index contributed by atoms with van der Waals surface area (Å²) in [5, 5.41) is 0. The molecule has 0 saturated heterocycles. The van der Waals surface area contributed by atoms with E-state index in [4.69, 9.17) is 5.73 Å². The largest absolute Gasteiger partial charge is 0.323 e. The Balaban J connectivity index is 2.26. The van der Waals surface area contributed by atoms with E-state index in [2.05, 4.69) is 61.8 Å². The molecular weight excluding hydrogens is 318 g/mol. The van der Waals surface area contributed by atoms with Crippen LogP contribution in [0.1, 0.15) is 38.7 Å². The number of nitrogens with two attached hydrogens (primary N) is 1. The molecule has 0 spiro atoms. The van der Waals surface area contributed by atoms with E-state index in [0.29, 0.717) is 0 Å². The molecule has 0 radical (unpaired) electrons. The van der Waals surface area contributed by atoms with Gasteiger partial charge in [-0.15, -0.1) is 11.3 Å². The summed E-state index contributed by atoms with van der Waals surface area (Å²) < 4.78 is 1.19. The van der Waals surface area contributed by atoms with Gasteiger partial charge < -0.3 is 5.73 Å². The van der Waals surface area contributed by atoms with Gasteiger partial charge in [0.15, 0.2) is 0 Å². The number of rotatable bonds is 3. The van der Waals surface area contributed by atoms with E-state index in [1.54, 1.807) is 11.3 Å². The van der Waals surface area contributed by atoms with Crippen LogP contribution in [0.25, 0.3) is 0 Å². The van der Waals surface area contributed by atoms with Crippen LogP contribution in [0.3, 0.4) is 0 Å². The van der Waals surface area contributed by atoms with Crippen LogP contribution in [0.5, 0.6) is 0 Å². The summed E-state index contributed by atoms with van der Waals surface area (Å²) in [4.78, 5) is 1.25. The second-order valence-electron chi connectivity index (χ2n) is 5.29. The Kier molecular flexibility index (Phi) is 4.49. The lowest BCUT2D eigenvalue weighted by molar-refractivity contribution is 0.729. The highest BCUT2D eigenvalue weighted by molar-refractivity contribution is 9.11. The Labute approximate surface area is 128 Å². The summed E-state index contributed by atoms with van der Waals surface area (Å²) in [7, 11) is 0. The first-order chi connectivity index (χ1) is 8.88. The van der Waals surface area contributed by atoms with Crippen LogP contribution in [0, 0.1) is 27.7 Å². The third-order valence-corrected chi connectivity index (χ3v) is 5.77. The topological polar surface area (TPSA) is 26.0 Å². The van der Waals surface area contributed by atoms with E-state index < -0.39 is 0 Å². The van der Waals surface area contributed by atoms with Crippen LogP contribution in [0.15, 0.2) is 22.0 Å². The molecule has 0 bridgehead atoms. The molecule has 0 amide bonds. The van der Waals surface area contributed by atoms with Gasteiger partial charge in [0.05, 0.1) is 3.79 Å². The zero-order valence-corrected chi connectivity index (χ0v) is 14.3. The summed E-state index contributed by atoms with van der Waals surface area (Å²) >= 11 is 5.32. The predicted molar refractivity (Wildman–Crippen MR) is 88.0 cm³/mol. The maximum Gasteiger partial charge on any atom is 0.0731 e. The first-order valence-corrected chi connectivity index (χ1v) is 8.07. The van der Waals surface area contributed by atoms with E-state index in [1.165, 1.54) is 36.5 Å². The SMILES string of the molecule is Cc1cc(C)c(CC(N)c2cc(C)c(Br)s2)c(C)c1. The van der Waals surface area contributed by atoms with Crippen molar-refractivity contribution in [3.05, 3.63) is 54.7 Å². The summed E-state index contributed by atoms with van der Waals surface area (Å²) in [5.74, 6) is 0. The number of aryl methyl sites for hydroxylation is 4. The second-order valence-corrected chi connectivity index (χ2v) is 7.70. The molecule has 1 nitrogen and oxygen atoms in total. The van der Waals surface area contributed by atoms with Crippen molar-refractivity contribution in [2.24, 2.45) is 5.73 Å². The molecule has 1 heterocycles. The van der Waals surface area contributed by atoms with Gasteiger partial charge in [0.2, 0.25) is 0 Å². The van der Waals surface area contributed by atoms with Crippen molar-refractivity contribution in [2.45, 2.75) is 40.2 Å². The smallest absolute Gasteiger partial charge is 0.0731 e. The second kappa shape index (κ2) is 5.78. The molecule has 1 aromatic carbocycles. The van der Waals surface area contributed by atoms with Gasteiger partial charge in [-0.3, -0.25) is 0 Å². The highest BCUT2D eigenvalue weighted by Crippen LogP contribution is 2.32. The van der Waals surface area contributed by atoms with Gasteiger partial charge in [-0.05, 0) is 78.4 Å². The number of hydrogen-bond acceptors (Lipinski definition) is 2. The van der Waals surface area contributed by atoms with Crippen LogP contribution in [-0.2, 0) is 6.42 Å². The maximum atomic E-state index is 6.37. The molecule has 0 aliphatic carbocycles. The molecule has 2 aromatic rings. The van der Waals surface area contributed by atoms with Crippen molar-refractivity contribution in [1.82, 2.24) is 0 Å². The van der Waals surface area contributed by atoms with Crippen LogP contribution in [-0.4, -0.2) is 0 Å². The molecule has 102 valence electrons. The van der Waals surface area contributed by atoms with Crippen LogP contribution in [0.4, 0.5) is 0 Å². The van der Waals surface area contributed by atoms with Gasteiger partial charge >= 0.3 is 0 Å². The first kappa shape index (κ1) is 14.8. The minimum atomic E-state index is 0.0788. The first-order valence-electron chi connectivity index (χ1n) is 6.46. The van der Waals surface area contributed by atoms with Crippen molar-refractivity contribution in [3.8, 4) is 0 Å². The molecule has 0 aliphatic heterocycles. The average molecular weight is 338 g/mol. The Bertz CT molecular complexity index is 558. The standard InChI is InChI=1S/C16H20BrNS/c1-9-5-10(2)13(11(3)6-9)8-14(18)15-7-12(4)16(17)19-15/h5-7,14H,8,18H2,1-4H3. The Morgan fingerprint density at radius 1 is 1.05 bits per heavy atom. The van der Waals surface area contributed by atoms with E-state index in [9.17, 15) is 0 Å². The fourth-order valence-electron chi connectivity index (χ4n) is 2.52. The highest BCUT2D eigenvalue weighted by atomic mass is 79.9. The van der Waals surface area contributed by atoms with E-state index >= 15 is 0 Å². The Morgan fingerprint density at radius 3 is 2.11 bits per heavy atom. The Hall–Kier alpha value is -0.640. The summed E-state index contributed by atoms with van der Waals surface area (Å²) in [6.45, 7) is 8.61. The summed E-state index contributed by atoms with van der Waals surface area (Å²) in [5.41, 5.74) is 13.1. The molecule has 1 atom stereocenters. The molecule has 1 unspecified atom stereocenters. The normalized spacial score (nSPS) is 12.7. The highest BCUT2D eigenvalue weighted by Gasteiger charge is 2.14. The molecule has 0 aliphatic rings. The molecule has 1 aromatic heterocycles. The van der Waals surface area contributed by atoms with Crippen molar-refractivity contribution in [2.75, 3.05) is 0 Å². The van der Waals surface area contributed by atoms with Crippen LogP contribution in [0.2, 0.25) is 0 Å². The van der Waals surface area contributed by atoms with Crippen molar-refractivity contribution >= 4 is 27.3 Å². The lowest BCUT2D eigenvalue weighted by Crippen LogP contribution is -2.13. The monoisotopic (exact) mass is 337 g/mol. The quantitative estimate of drug-likeness (QED) is 0.839. The molecule has 19 heavy (non-hydrogen) atoms. The zero-order chi connectivity index (χ0) is 14.2. The minimum Gasteiger partial charge on any atom is -0.323 e. The van der Waals surface area contributed by atoms with Crippen molar-refractivity contribution in [3.63, 3.8) is 0 Å². The van der Waals surface area contributed by atoms with Crippen LogP contribution >= 0.6 is 27.3 Å². The maximum absolute atomic E-state index is 6.37.